The molecule has 0 atom stereocenters. The summed E-state index contributed by atoms with van der Waals surface area (Å²) >= 11 is 5.37. The van der Waals surface area contributed by atoms with Gasteiger partial charge in [0, 0.05) is 19.2 Å². The fraction of sp³-hybridized carbons (Fsp3) is 0.111. The Labute approximate surface area is 98.0 Å². The van der Waals surface area contributed by atoms with Crippen LogP contribution in [-0.4, -0.2) is 12.1 Å². The quantitative estimate of drug-likeness (QED) is 0.465. The average Bonchev–Trinajstić information content (AvgIpc) is 2.09. The van der Waals surface area contributed by atoms with E-state index in [1.807, 2.05) is 0 Å². The van der Waals surface area contributed by atoms with Crippen molar-refractivity contribution in [2.75, 3.05) is 0 Å². The molecule has 0 saturated heterocycles. The Balaban J connectivity index is 3.41. The third kappa shape index (κ3) is 2.37. The lowest BCUT2D eigenvalue weighted by Gasteiger charge is -2.03. The molecule has 0 amide bonds. The lowest BCUT2D eigenvalue weighted by atomic mass is 10.1. The molecule has 0 aliphatic heterocycles. The van der Waals surface area contributed by atoms with E-state index in [0.717, 1.165) is 14.3 Å². The maximum Gasteiger partial charge on any atom is 0.160 e. The summed E-state index contributed by atoms with van der Waals surface area (Å²) in [4.78, 5) is 21.7. The standard InChI is InChI=1S/C9H6BrIO2/c1-5(13)7-2-6(4-12)3-8(11)9(7)10/h2-4H,1H3. The summed E-state index contributed by atoms with van der Waals surface area (Å²) in [6.07, 6.45) is 0.737. The average molecular weight is 353 g/mol. The number of aldehydes is 1. The van der Waals surface area contributed by atoms with Gasteiger partial charge in [-0.15, -0.1) is 0 Å². The number of halogens is 2. The van der Waals surface area contributed by atoms with E-state index >= 15 is 0 Å². The van der Waals surface area contributed by atoms with Crippen LogP contribution in [0.1, 0.15) is 27.6 Å². The van der Waals surface area contributed by atoms with Gasteiger partial charge in [0.25, 0.3) is 0 Å². The largest absolute Gasteiger partial charge is 0.298 e. The van der Waals surface area contributed by atoms with Crippen LogP contribution in [0.2, 0.25) is 0 Å². The summed E-state index contributed by atoms with van der Waals surface area (Å²) in [5.74, 6) is -0.0477. The molecule has 0 N–H and O–H groups in total. The van der Waals surface area contributed by atoms with Crippen molar-refractivity contribution in [3.05, 3.63) is 31.3 Å². The van der Waals surface area contributed by atoms with Gasteiger partial charge in [-0.2, -0.15) is 0 Å². The van der Waals surface area contributed by atoms with Crippen LogP contribution < -0.4 is 0 Å². The molecule has 0 aliphatic rings. The zero-order valence-electron chi connectivity index (χ0n) is 6.80. The first-order chi connectivity index (χ1) is 6.06. The molecule has 13 heavy (non-hydrogen) atoms. The highest BCUT2D eigenvalue weighted by Crippen LogP contribution is 2.25. The number of carbonyl (C=O) groups is 2. The van der Waals surface area contributed by atoms with Gasteiger partial charge in [-0.25, -0.2) is 0 Å². The van der Waals surface area contributed by atoms with Crippen LogP contribution in [0.5, 0.6) is 0 Å². The fourth-order valence-corrected chi connectivity index (χ4v) is 2.09. The van der Waals surface area contributed by atoms with Crippen molar-refractivity contribution in [3.8, 4) is 0 Å². The van der Waals surface area contributed by atoms with Crippen LogP contribution in [0.25, 0.3) is 0 Å². The van der Waals surface area contributed by atoms with Crippen LogP contribution in [-0.2, 0) is 0 Å². The molecule has 0 heterocycles. The number of hydrogen-bond donors (Lipinski definition) is 0. The number of carbonyl (C=O) groups excluding carboxylic acids is 2. The van der Waals surface area contributed by atoms with Crippen LogP contribution in [0.4, 0.5) is 0 Å². The second-order valence-corrected chi connectivity index (χ2v) is 4.49. The third-order valence-electron chi connectivity index (χ3n) is 1.57. The van der Waals surface area contributed by atoms with Crippen LogP contribution in [0.15, 0.2) is 16.6 Å². The molecular formula is C9H6BrIO2. The monoisotopic (exact) mass is 352 g/mol. The van der Waals surface area contributed by atoms with Gasteiger partial charge in [-0.3, -0.25) is 9.59 Å². The molecule has 0 unspecified atom stereocenters. The number of rotatable bonds is 2. The Morgan fingerprint density at radius 3 is 2.62 bits per heavy atom. The second kappa shape index (κ2) is 4.32. The Bertz CT molecular complexity index is 374. The van der Waals surface area contributed by atoms with Crippen molar-refractivity contribution in [1.29, 1.82) is 0 Å². The minimum Gasteiger partial charge on any atom is -0.298 e. The van der Waals surface area contributed by atoms with Crippen molar-refractivity contribution in [3.63, 3.8) is 0 Å². The number of Topliss-reactive ketones (excluding diaryl/α,β-unsaturated/α-hetero) is 1. The summed E-state index contributed by atoms with van der Waals surface area (Å²) in [5.41, 5.74) is 1.08. The number of ketones is 1. The molecular weight excluding hydrogens is 347 g/mol. The van der Waals surface area contributed by atoms with Gasteiger partial charge in [0.05, 0.1) is 0 Å². The summed E-state index contributed by atoms with van der Waals surface area (Å²) in [5, 5.41) is 0. The molecule has 0 spiro atoms. The highest BCUT2D eigenvalue weighted by atomic mass is 127. The van der Waals surface area contributed by atoms with Crippen molar-refractivity contribution in [1.82, 2.24) is 0 Å². The normalized spacial score (nSPS) is 9.77. The number of hydrogen-bond acceptors (Lipinski definition) is 2. The summed E-state index contributed by atoms with van der Waals surface area (Å²) in [6, 6.07) is 3.31. The van der Waals surface area contributed by atoms with Crippen LogP contribution in [0, 0.1) is 3.57 Å². The van der Waals surface area contributed by atoms with E-state index < -0.39 is 0 Å². The third-order valence-corrected chi connectivity index (χ3v) is 4.01. The zero-order chi connectivity index (χ0) is 10.0. The molecule has 68 valence electrons. The lowest BCUT2D eigenvalue weighted by molar-refractivity contribution is 0.101. The van der Waals surface area contributed by atoms with Gasteiger partial charge in [0.15, 0.2) is 5.78 Å². The van der Waals surface area contributed by atoms with Gasteiger partial charge in [0.1, 0.15) is 6.29 Å². The molecule has 0 aliphatic carbocycles. The molecule has 0 bridgehead atoms. The summed E-state index contributed by atoms with van der Waals surface area (Å²) < 4.78 is 1.62. The van der Waals surface area contributed by atoms with E-state index in [2.05, 4.69) is 38.5 Å². The van der Waals surface area contributed by atoms with Crippen molar-refractivity contribution in [2.24, 2.45) is 0 Å². The minimum atomic E-state index is -0.0477. The van der Waals surface area contributed by atoms with Gasteiger partial charge < -0.3 is 0 Å². The Morgan fingerprint density at radius 2 is 2.15 bits per heavy atom. The van der Waals surface area contributed by atoms with Crippen molar-refractivity contribution in [2.45, 2.75) is 6.92 Å². The molecule has 4 heteroatoms. The van der Waals surface area contributed by atoms with Gasteiger partial charge in [0.2, 0.25) is 0 Å². The molecule has 0 fully saturated rings. The van der Waals surface area contributed by atoms with Crippen LogP contribution >= 0.6 is 38.5 Å². The molecule has 2 nitrogen and oxygen atoms in total. The zero-order valence-corrected chi connectivity index (χ0v) is 10.5. The lowest BCUT2D eigenvalue weighted by Crippen LogP contribution is -1.97. The topological polar surface area (TPSA) is 34.1 Å². The van der Waals surface area contributed by atoms with Crippen LogP contribution in [0.3, 0.4) is 0 Å². The molecule has 1 aromatic carbocycles. The first kappa shape index (κ1) is 10.8. The van der Waals surface area contributed by atoms with Gasteiger partial charge >= 0.3 is 0 Å². The van der Waals surface area contributed by atoms with E-state index in [4.69, 9.17) is 0 Å². The highest BCUT2D eigenvalue weighted by molar-refractivity contribution is 14.1. The number of benzene rings is 1. The smallest absolute Gasteiger partial charge is 0.160 e. The summed E-state index contributed by atoms with van der Waals surface area (Å²) in [6.45, 7) is 1.48. The first-order valence-corrected chi connectivity index (χ1v) is 5.38. The van der Waals surface area contributed by atoms with E-state index in [0.29, 0.717) is 11.1 Å². The predicted molar refractivity (Wildman–Crippen MR) is 62.3 cm³/mol. The van der Waals surface area contributed by atoms with Gasteiger partial charge in [-0.1, -0.05) is 0 Å². The molecule has 1 aromatic rings. The SMILES string of the molecule is CC(=O)c1cc(C=O)cc(I)c1Br. The molecule has 0 radical (unpaired) electrons. The molecule has 0 aromatic heterocycles. The molecule has 1 rings (SSSR count). The Morgan fingerprint density at radius 1 is 1.54 bits per heavy atom. The van der Waals surface area contributed by atoms with E-state index in [1.165, 1.54) is 6.92 Å². The maximum absolute atomic E-state index is 11.1. The van der Waals surface area contributed by atoms with E-state index in [9.17, 15) is 9.59 Å². The highest BCUT2D eigenvalue weighted by Gasteiger charge is 2.09. The van der Waals surface area contributed by atoms with Gasteiger partial charge in [-0.05, 0) is 57.6 Å². The van der Waals surface area contributed by atoms with E-state index in [-0.39, 0.29) is 5.78 Å². The first-order valence-electron chi connectivity index (χ1n) is 3.51. The predicted octanol–water partition coefficient (Wildman–Crippen LogP) is 3.07. The Hall–Kier alpha value is -0.230. The van der Waals surface area contributed by atoms with Crippen molar-refractivity contribution < 1.29 is 9.59 Å². The summed E-state index contributed by atoms with van der Waals surface area (Å²) in [7, 11) is 0. The fourth-order valence-electron chi connectivity index (χ4n) is 0.934. The second-order valence-electron chi connectivity index (χ2n) is 2.54. The van der Waals surface area contributed by atoms with Crippen molar-refractivity contribution >= 4 is 50.6 Å². The Kier molecular flexibility index (Phi) is 3.61. The maximum atomic E-state index is 11.1. The minimum absolute atomic E-state index is 0.0477. The molecule has 0 saturated carbocycles. The van der Waals surface area contributed by atoms with E-state index in [1.54, 1.807) is 12.1 Å².